The molecule has 38 heavy (non-hydrogen) atoms. The van der Waals surface area contributed by atoms with Gasteiger partial charge in [0.1, 0.15) is 6.04 Å². The fraction of sp³-hybridized carbons (Fsp3) is 0.200. The summed E-state index contributed by atoms with van der Waals surface area (Å²) in [6.45, 7) is 1.86. The minimum absolute atomic E-state index is 0.239. The number of hydrogen-bond donors (Lipinski definition) is 1. The van der Waals surface area contributed by atoms with Crippen molar-refractivity contribution < 1.29 is 14.3 Å². The maximum absolute atomic E-state index is 13.3. The van der Waals surface area contributed by atoms with Crippen molar-refractivity contribution in [2.75, 3.05) is 6.54 Å². The number of nitrogens with zero attached hydrogens (tertiary/aromatic N) is 2. The van der Waals surface area contributed by atoms with Crippen molar-refractivity contribution in [1.29, 1.82) is 0 Å². The molecular formula is C30H27N3O5. The minimum atomic E-state index is -0.735. The summed E-state index contributed by atoms with van der Waals surface area (Å²) in [7, 11) is 0. The van der Waals surface area contributed by atoms with E-state index in [0.29, 0.717) is 11.1 Å². The molecule has 0 saturated carbocycles. The zero-order valence-electron chi connectivity index (χ0n) is 20.8. The molecule has 8 nitrogen and oxygen atoms in total. The second-order valence-electron chi connectivity index (χ2n) is 9.30. The Hall–Kier alpha value is -4.56. The Morgan fingerprint density at radius 1 is 0.868 bits per heavy atom. The molecule has 1 fully saturated rings. The van der Waals surface area contributed by atoms with E-state index < -0.39 is 41.3 Å². The Labute approximate surface area is 219 Å². The monoisotopic (exact) mass is 509 g/mol. The molecule has 1 N–H and O–H groups in total. The zero-order valence-corrected chi connectivity index (χ0v) is 20.8. The van der Waals surface area contributed by atoms with Gasteiger partial charge in [0.2, 0.25) is 0 Å². The molecule has 2 heterocycles. The highest BCUT2D eigenvalue weighted by Gasteiger charge is 2.35. The number of aromatic nitrogens is 2. The van der Waals surface area contributed by atoms with E-state index in [1.165, 1.54) is 10.8 Å². The van der Waals surface area contributed by atoms with Crippen molar-refractivity contribution in [3.05, 3.63) is 140 Å². The van der Waals surface area contributed by atoms with Crippen molar-refractivity contribution in [3.63, 3.8) is 0 Å². The molecule has 1 saturated heterocycles. The van der Waals surface area contributed by atoms with Crippen LogP contribution in [0.2, 0.25) is 0 Å². The molecule has 8 heteroatoms. The van der Waals surface area contributed by atoms with E-state index in [1.807, 2.05) is 60.7 Å². The fourth-order valence-electron chi connectivity index (χ4n) is 4.74. The molecule has 0 radical (unpaired) electrons. The van der Waals surface area contributed by atoms with Crippen molar-refractivity contribution in [3.8, 4) is 0 Å². The first kappa shape index (κ1) is 25.1. The molecule has 2 atom stereocenters. The average molecular weight is 510 g/mol. The molecular weight excluding hydrogens is 482 g/mol. The number of carbonyl (C=O) groups excluding carboxylic acids is 2. The van der Waals surface area contributed by atoms with E-state index in [-0.39, 0.29) is 17.5 Å². The predicted molar refractivity (Wildman–Crippen MR) is 142 cm³/mol. The SMILES string of the molecule is Cc1cn([C@@H]2CN[C@H](C(=O)OC(c3ccccc3)c3ccccc3)C2)c(=O)n(C(=O)c2ccccc2)c1=O. The van der Waals surface area contributed by atoms with Gasteiger partial charge in [-0.2, -0.15) is 4.57 Å². The Balaban J connectivity index is 1.39. The molecule has 0 spiro atoms. The zero-order chi connectivity index (χ0) is 26.6. The van der Waals surface area contributed by atoms with Gasteiger partial charge >= 0.3 is 11.7 Å². The first-order valence-electron chi connectivity index (χ1n) is 12.4. The van der Waals surface area contributed by atoms with E-state index in [1.54, 1.807) is 37.3 Å². The number of hydrogen-bond acceptors (Lipinski definition) is 6. The summed E-state index contributed by atoms with van der Waals surface area (Å²) in [5, 5.41) is 3.15. The van der Waals surface area contributed by atoms with Crippen LogP contribution in [0.15, 0.2) is 107 Å². The molecule has 0 amide bonds. The van der Waals surface area contributed by atoms with Gasteiger partial charge in [-0.05, 0) is 36.6 Å². The summed E-state index contributed by atoms with van der Waals surface area (Å²) in [5.74, 6) is -1.13. The molecule has 4 aromatic rings. The van der Waals surface area contributed by atoms with Crippen LogP contribution >= 0.6 is 0 Å². The minimum Gasteiger partial charge on any atom is -0.451 e. The van der Waals surface area contributed by atoms with Gasteiger partial charge < -0.3 is 10.1 Å². The van der Waals surface area contributed by atoms with Gasteiger partial charge in [0, 0.05) is 23.9 Å². The topological polar surface area (TPSA) is 99.4 Å². The van der Waals surface area contributed by atoms with Crippen LogP contribution in [-0.2, 0) is 9.53 Å². The second kappa shape index (κ2) is 10.8. The van der Waals surface area contributed by atoms with Gasteiger partial charge in [-0.1, -0.05) is 78.9 Å². The van der Waals surface area contributed by atoms with Crippen LogP contribution in [0.25, 0.3) is 0 Å². The highest BCUT2D eigenvalue weighted by molar-refractivity contribution is 5.95. The van der Waals surface area contributed by atoms with Crippen LogP contribution in [0.4, 0.5) is 0 Å². The second-order valence-corrected chi connectivity index (χ2v) is 9.30. The quantitative estimate of drug-likeness (QED) is 0.401. The van der Waals surface area contributed by atoms with E-state index in [9.17, 15) is 19.2 Å². The maximum Gasteiger partial charge on any atom is 0.338 e. The molecule has 0 aliphatic carbocycles. The van der Waals surface area contributed by atoms with E-state index in [2.05, 4.69) is 5.32 Å². The molecule has 192 valence electrons. The van der Waals surface area contributed by atoms with Crippen LogP contribution in [0.3, 0.4) is 0 Å². The van der Waals surface area contributed by atoms with Crippen LogP contribution < -0.4 is 16.6 Å². The van der Waals surface area contributed by atoms with Crippen LogP contribution in [0, 0.1) is 6.92 Å². The summed E-state index contributed by atoms with van der Waals surface area (Å²) < 4.78 is 8.01. The standard InChI is InChI=1S/C30H27N3O5/c1-20-19-32(30(37)33(27(20)34)28(35)23-15-9-4-10-16-23)24-17-25(31-18-24)29(36)38-26(21-11-5-2-6-12-21)22-13-7-3-8-14-22/h2-16,19,24-26,31H,17-18H2,1H3/t24-,25-/m0/s1. The van der Waals surface area contributed by atoms with Crippen LogP contribution in [0.5, 0.6) is 0 Å². The maximum atomic E-state index is 13.3. The Morgan fingerprint density at radius 3 is 2.00 bits per heavy atom. The summed E-state index contributed by atoms with van der Waals surface area (Å²) in [6.07, 6.45) is 1.14. The van der Waals surface area contributed by atoms with E-state index >= 15 is 0 Å². The normalized spacial score (nSPS) is 16.9. The third kappa shape index (κ3) is 4.99. The molecule has 1 aliphatic heterocycles. The third-order valence-corrected chi connectivity index (χ3v) is 6.73. The first-order chi connectivity index (χ1) is 18.4. The Kier molecular flexibility index (Phi) is 7.15. The summed E-state index contributed by atoms with van der Waals surface area (Å²) in [4.78, 5) is 52.4. The van der Waals surface area contributed by atoms with Crippen molar-refractivity contribution >= 4 is 11.9 Å². The third-order valence-electron chi connectivity index (χ3n) is 6.73. The average Bonchev–Trinajstić information content (AvgIpc) is 3.45. The van der Waals surface area contributed by atoms with Crippen molar-refractivity contribution in [2.45, 2.75) is 31.5 Å². The van der Waals surface area contributed by atoms with Crippen molar-refractivity contribution in [2.24, 2.45) is 0 Å². The predicted octanol–water partition coefficient (Wildman–Crippen LogP) is 3.24. The van der Waals surface area contributed by atoms with Crippen molar-refractivity contribution in [1.82, 2.24) is 14.5 Å². The molecule has 5 rings (SSSR count). The Morgan fingerprint density at radius 2 is 1.42 bits per heavy atom. The van der Waals surface area contributed by atoms with Gasteiger partial charge in [-0.25, -0.2) is 4.79 Å². The van der Waals surface area contributed by atoms with Gasteiger partial charge in [-0.15, -0.1) is 0 Å². The number of benzene rings is 3. The number of carbonyl (C=O) groups is 2. The van der Waals surface area contributed by atoms with Gasteiger partial charge in [-0.3, -0.25) is 19.0 Å². The molecule has 1 aromatic heterocycles. The number of nitrogens with one attached hydrogen (secondary N) is 1. The lowest BCUT2D eigenvalue weighted by molar-refractivity contribution is -0.149. The largest absolute Gasteiger partial charge is 0.451 e. The number of aryl methyl sites for hydroxylation is 1. The van der Waals surface area contributed by atoms with Gasteiger partial charge in [0.05, 0.1) is 6.04 Å². The number of rotatable bonds is 6. The molecule has 1 aliphatic rings. The van der Waals surface area contributed by atoms with E-state index in [0.717, 1.165) is 11.1 Å². The molecule has 0 bridgehead atoms. The summed E-state index contributed by atoms with van der Waals surface area (Å²) in [5.41, 5.74) is 0.799. The van der Waals surface area contributed by atoms with Crippen LogP contribution in [-0.4, -0.2) is 33.6 Å². The van der Waals surface area contributed by atoms with Gasteiger partial charge in [0.25, 0.3) is 11.5 Å². The fourth-order valence-corrected chi connectivity index (χ4v) is 4.74. The van der Waals surface area contributed by atoms with Crippen LogP contribution in [0.1, 0.15) is 45.6 Å². The lowest BCUT2D eigenvalue weighted by Gasteiger charge is -2.21. The number of ether oxygens (including phenoxy) is 1. The summed E-state index contributed by atoms with van der Waals surface area (Å²) in [6, 6.07) is 26.1. The molecule has 0 unspecified atom stereocenters. The Bertz CT molecular complexity index is 1520. The lowest BCUT2D eigenvalue weighted by atomic mass is 10.0. The van der Waals surface area contributed by atoms with E-state index in [4.69, 9.17) is 4.74 Å². The smallest absolute Gasteiger partial charge is 0.338 e. The molecule has 3 aromatic carbocycles. The highest BCUT2D eigenvalue weighted by Crippen LogP contribution is 2.28. The summed E-state index contributed by atoms with van der Waals surface area (Å²) >= 11 is 0. The lowest BCUT2D eigenvalue weighted by Crippen LogP contribution is -2.45. The number of esters is 1. The highest BCUT2D eigenvalue weighted by atomic mass is 16.5. The first-order valence-corrected chi connectivity index (χ1v) is 12.4. The van der Waals surface area contributed by atoms with Gasteiger partial charge in [0.15, 0.2) is 6.10 Å².